The van der Waals surface area contributed by atoms with Crippen molar-refractivity contribution in [1.29, 1.82) is 0 Å². The van der Waals surface area contributed by atoms with Crippen molar-refractivity contribution < 1.29 is 0 Å². The Hall–Kier alpha value is -0.0800. The maximum atomic E-state index is 3.67. The minimum atomic E-state index is 0.721. The highest BCUT2D eigenvalue weighted by Crippen LogP contribution is 2.27. The summed E-state index contributed by atoms with van der Waals surface area (Å²) in [6.07, 6.45) is 8.51. The van der Waals surface area contributed by atoms with E-state index in [4.69, 9.17) is 0 Å². The Morgan fingerprint density at radius 1 is 1.13 bits per heavy atom. The van der Waals surface area contributed by atoms with E-state index in [0.717, 1.165) is 18.1 Å². The molecule has 1 N–H and O–H groups in total. The summed E-state index contributed by atoms with van der Waals surface area (Å²) in [5, 5.41) is 3.67. The van der Waals surface area contributed by atoms with Gasteiger partial charge in [-0.3, -0.25) is 4.90 Å². The fourth-order valence-corrected chi connectivity index (χ4v) is 2.83. The molecule has 1 saturated carbocycles. The van der Waals surface area contributed by atoms with Gasteiger partial charge < -0.3 is 5.32 Å². The molecule has 1 heterocycles. The first-order valence-corrected chi connectivity index (χ1v) is 6.76. The molecule has 2 rings (SSSR count). The molecule has 2 heteroatoms. The van der Waals surface area contributed by atoms with Crippen molar-refractivity contribution in [2.45, 2.75) is 70.5 Å². The van der Waals surface area contributed by atoms with Crippen molar-refractivity contribution in [2.24, 2.45) is 0 Å². The lowest BCUT2D eigenvalue weighted by molar-refractivity contribution is 0.0787. The smallest absolute Gasteiger partial charge is 0.0195 e. The quantitative estimate of drug-likeness (QED) is 0.766. The van der Waals surface area contributed by atoms with Crippen LogP contribution in [0.25, 0.3) is 0 Å². The molecule has 2 aliphatic rings. The van der Waals surface area contributed by atoms with E-state index in [9.17, 15) is 0 Å². The van der Waals surface area contributed by atoms with Gasteiger partial charge in [-0.25, -0.2) is 0 Å². The molecule has 15 heavy (non-hydrogen) atoms. The van der Waals surface area contributed by atoms with E-state index < -0.39 is 0 Å². The van der Waals surface area contributed by atoms with Gasteiger partial charge in [0.1, 0.15) is 0 Å². The predicted molar refractivity (Wildman–Crippen MR) is 65.1 cm³/mol. The fraction of sp³-hybridized carbons (Fsp3) is 1.00. The molecule has 1 aliphatic heterocycles. The van der Waals surface area contributed by atoms with Crippen LogP contribution < -0.4 is 5.32 Å². The Kier molecular flexibility index (Phi) is 4.04. The van der Waals surface area contributed by atoms with E-state index in [1.165, 1.54) is 51.6 Å². The summed E-state index contributed by atoms with van der Waals surface area (Å²) in [5.41, 5.74) is 0. The molecule has 0 spiro atoms. The van der Waals surface area contributed by atoms with Crippen LogP contribution in [0.4, 0.5) is 0 Å². The summed E-state index contributed by atoms with van der Waals surface area (Å²) in [6, 6.07) is 2.38. The standard InChI is InChI=1S/C13H26N2/c1-11(2)15(13-7-5-8-13)10-12-6-3-4-9-14-12/h11-14H,3-10H2,1-2H3. The summed E-state index contributed by atoms with van der Waals surface area (Å²) >= 11 is 0. The Labute approximate surface area is 94.4 Å². The van der Waals surface area contributed by atoms with Crippen molar-refractivity contribution >= 4 is 0 Å². The summed E-state index contributed by atoms with van der Waals surface area (Å²) in [7, 11) is 0. The average molecular weight is 210 g/mol. The largest absolute Gasteiger partial charge is 0.313 e. The molecule has 1 unspecified atom stereocenters. The zero-order valence-corrected chi connectivity index (χ0v) is 10.3. The first-order chi connectivity index (χ1) is 7.27. The highest BCUT2D eigenvalue weighted by atomic mass is 15.2. The molecule has 0 radical (unpaired) electrons. The molecule has 0 aromatic rings. The maximum absolute atomic E-state index is 3.67. The van der Waals surface area contributed by atoms with Crippen LogP contribution in [0.1, 0.15) is 52.4 Å². The molecule has 1 atom stereocenters. The molecular weight excluding hydrogens is 184 g/mol. The lowest BCUT2D eigenvalue weighted by Gasteiger charge is -2.42. The first kappa shape index (κ1) is 11.4. The summed E-state index contributed by atoms with van der Waals surface area (Å²) in [6.45, 7) is 7.21. The van der Waals surface area contributed by atoms with E-state index in [2.05, 4.69) is 24.1 Å². The molecule has 1 aliphatic carbocycles. The van der Waals surface area contributed by atoms with E-state index >= 15 is 0 Å². The van der Waals surface area contributed by atoms with Crippen LogP contribution >= 0.6 is 0 Å². The zero-order valence-electron chi connectivity index (χ0n) is 10.3. The van der Waals surface area contributed by atoms with Gasteiger partial charge in [0.15, 0.2) is 0 Å². The Morgan fingerprint density at radius 2 is 1.93 bits per heavy atom. The van der Waals surface area contributed by atoms with Crippen molar-refractivity contribution in [3.05, 3.63) is 0 Å². The van der Waals surface area contributed by atoms with Crippen LogP contribution in [0.3, 0.4) is 0 Å². The Balaban J connectivity index is 1.81. The number of hydrogen-bond acceptors (Lipinski definition) is 2. The first-order valence-electron chi connectivity index (χ1n) is 6.76. The minimum Gasteiger partial charge on any atom is -0.313 e. The minimum absolute atomic E-state index is 0.721. The lowest BCUT2D eigenvalue weighted by atomic mass is 9.89. The SMILES string of the molecule is CC(C)N(CC1CCCCN1)C1CCC1. The Bertz CT molecular complexity index is 181. The third kappa shape index (κ3) is 2.94. The van der Waals surface area contributed by atoms with Gasteiger partial charge in [0.25, 0.3) is 0 Å². The van der Waals surface area contributed by atoms with Crippen LogP contribution in [0, 0.1) is 0 Å². The third-order valence-corrected chi connectivity index (χ3v) is 4.05. The molecule has 0 amide bonds. The molecule has 0 aromatic heterocycles. The molecule has 2 fully saturated rings. The van der Waals surface area contributed by atoms with E-state index in [1.807, 2.05) is 0 Å². The highest BCUT2D eigenvalue weighted by molar-refractivity contribution is 4.86. The van der Waals surface area contributed by atoms with Gasteiger partial charge in [-0.1, -0.05) is 12.8 Å². The third-order valence-electron chi connectivity index (χ3n) is 4.05. The molecule has 2 nitrogen and oxygen atoms in total. The highest BCUT2D eigenvalue weighted by Gasteiger charge is 2.28. The van der Waals surface area contributed by atoms with Gasteiger partial charge in [-0.05, 0) is 46.1 Å². The van der Waals surface area contributed by atoms with Crippen molar-refractivity contribution in [3.63, 3.8) is 0 Å². The van der Waals surface area contributed by atoms with Crippen LogP contribution in [0.5, 0.6) is 0 Å². The number of piperidine rings is 1. The van der Waals surface area contributed by atoms with E-state index in [-0.39, 0.29) is 0 Å². The number of rotatable bonds is 4. The normalized spacial score (nSPS) is 28.4. The van der Waals surface area contributed by atoms with Gasteiger partial charge in [-0.2, -0.15) is 0 Å². The monoisotopic (exact) mass is 210 g/mol. The van der Waals surface area contributed by atoms with Gasteiger partial charge in [0.05, 0.1) is 0 Å². The molecule has 1 saturated heterocycles. The van der Waals surface area contributed by atoms with E-state index in [1.54, 1.807) is 0 Å². The van der Waals surface area contributed by atoms with E-state index in [0.29, 0.717) is 0 Å². The van der Waals surface area contributed by atoms with Crippen molar-refractivity contribution in [1.82, 2.24) is 10.2 Å². The predicted octanol–water partition coefficient (Wildman–Crippen LogP) is 2.39. The number of hydrogen-bond donors (Lipinski definition) is 1. The average Bonchev–Trinajstić information content (AvgIpc) is 2.15. The van der Waals surface area contributed by atoms with Gasteiger partial charge in [0.2, 0.25) is 0 Å². The summed E-state index contributed by atoms with van der Waals surface area (Å²) < 4.78 is 0. The van der Waals surface area contributed by atoms with Crippen molar-refractivity contribution in [2.75, 3.05) is 13.1 Å². The van der Waals surface area contributed by atoms with Crippen LogP contribution in [-0.2, 0) is 0 Å². The summed E-state index contributed by atoms with van der Waals surface area (Å²) in [4.78, 5) is 2.73. The van der Waals surface area contributed by atoms with Crippen LogP contribution in [0.2, 0.25) is 0 Å². The number of nitrogens with zero attached hydrogens (tertiary/aromatic N) is 1. The van der Waals surface area contributed by atoms with Crippen LogP contribution in [-0.4, -0.2) is 36.1 Å². The molecule has 88 valence electrons. The number of nitrogens with one attached hydrogen (secondary N) is 1. The zero-order chi connectivity index (χ0) is 10.7. The Morgan fingerprint density at radius 3 is 2.40 bits per heavy atom. The van der Waals surface area contributed by atoms with Crippen LogP contribution in [0.15, 0.2) is 0 Å². The maximum Gasteiger partial charge on any atom is 0.0195 e. The van der Waals surface area contributed by atoms with Gasteiger partial charge >= 0.3 is 0 Å². The molecule has 0 aromatic carbocycles. The second-order valence-corrected chi connectivity index (χ2v) is 5.52. The van der Waals surface area contributed by atoms with Gasteiger partial charge in [-0.15, -0.1) is 0 Å². The molecule has 0 bridgehead atoms. The summed E-state index contributed by atoms with van der Waals surface area (Å²) in [5.74, 6) is 0. The fourth-order valence-electron chi connectivity index (χ4n) is 2.83. The molecular formula is C13H26N2. The van der Waals surface area contributed by atoms with Gasteiger partial charge in [0, 0.05) is 24.7 Å². The second-order valence-electron chi connectivity index (χ2n) is 5.52. The lowest BCUT2D eigenvalue weighted by Crippen LogP contribution is -2.51. The second kappa shape index (κ2) is 5.31. The topological polar surface area (TPSA) is 15.3 Å². The van der Waals surface area contributed by atoms with Crippen molar-refractivity contribution in [3.8, 4) is 0 Å².